The van der Waals surface area contributed by atoms with Gasteiger partial charge in [-0.15, -0.1) is 23.1 Å². The van der Waals surface area contributed by atoms with Crippen LogP contribution in [0.5, 0.6) is 0 Å². The van der Waals surface area contributed by atoms with Crippen molar-refractivity contribution < 1.29 is 4.79 Å². The van der Waals surface area contributed by atoms with Crippen LogP contribution < -0.4 is 0 Å². The predicted octanol–water partition coefficient (Wildman–Crippen LogP) is 3.42. The first kappa shape index (κ1) is 14.9. The van der Waals surface area contributed by atoms with Gasteiger partial charge in [0.2, 0.25) is 5.91 Å². The summed E-state index contributed by atoms with van der Waals surface area (Å²) in [7, 11) is 0. The summed E-state index contributed by atoms with van der Waals surface area (Å²) in [5, 5.41) is 11.5. The number of carbonyl (C=O) groups excluding carboxylic acids is 1. The second kappa shape index (κ2) is 6.02. The Morgan fingerprint density at radius 1 is 1.52 bits per heavy atom. The highest BCUT2D eigenvalue weighted by molar-refractivity contribution is 8.00. The summed E-state index contributed by atoms with van der Waals surface area (Å²) in [5.74, 6) is 0.339. The van der Waals surface area contributed by atoms with E-state index in [4.69, 9.17) is 0 Å². The summed E-state index contributed by atoms with van der Waals surface area (Å²) in [6.07, 6.45) is 6.80. The van der Waals surface area contributed by atoms with E-state index in [0.717, 1.165) is 45.2 Å². The van der Waals surface area contributed by atoms with Gasteiger partial charge in [-0.05, 0) is 55.4 Å². The van der Waals surface area contributed by atoms with Gasteiger partial charge in [-0.1, -0.05) is 0 Å². The Hall–Kier alpha value is -0.990. The Labute approximate surface area is 134 Å². The number of fused-ring (bicyclic) bond motifs is 1. The van der Waals surface area contributed by atoms with Crippen molar-refractivity contribution in [3.05, 3.63) is 21.9 Å². The standard InChI is InChI=1S/C16H20N2OS2/c1-20-16(11-17)6-8-18(9-7-16)15(19)13-3-2-4-14-12(13)5-10-21-14/h5,10,13H,2-4,6-9H2,1H3. The molecule has 1 amide bonds. The number of piperidine rings is 1. The number of carbonyl (C=O) groups is 1. The molecule has 2 heterocycles. The van der Waals surface area contributed by atoms with Crippen LogP contribution >= 0.6 is 23.1 Å². The van der Waals surface area contributed by atoms with Crippen molar-refractivity contribution in [3.8, 4) is 6.07 Å². The summed E-state index contributed by atoms with van der Waals surface area (Å²) < 4.78 is -0.281. The van der Waals surface area contributed by atoms with Crippen molar-refractivity contribution in [2.45, 2.75) is 42.8 Å². The summed E-state index contributed by atoms with van der Waals surface area (Å²) in [4.78, 5) is 16.2. The Kier molecular flexibility index (Phi) is 4.28. The molecular weight excluding hydrogens is 300 g/mol. The maximum absolute atomic E-state index is 12.8. The number of hydrogen-bond donors (Lipinski definition) is 0. The van der Waals surface area contributed by atoms with Crippen LogP contribution in [0.4, 0.5) is 0 Å². The fourth-order valence-electron chi connectivity index (χ4n) is 3.41. The van der Waals surface area contributed by atoms with E-state index < -0.39 is 0 Å². The van der Waals surface area contributed by atoms with E-state index in [1.54, 1.807) is 23.1 Å². The molecule has 1 aromatic heterocycles. The lowest BCUT2D eigenvalue weighted by Gasteiger charge is -2.38. The molecule has 1 fully saturated rings. The second-order valence-corrected chi connectivity index (χ2v) is 8.07. The van der Waals surface area contributed by atoms with Gasteiger partial charge in [0, 0.05) is 18.0 Å². The fourth-order valence-corrected chi connectivity index (χ4v) is 5.08. The summed E-state index contributed by atoms with van der Waals surface area (Å²) in [5.41, 5.74) is 1.26. The molecule has 1 saturated heterocycles. The third-order valence-electron chi connectivity index (χ3n) is 4.83. The van der Waals surface area contributed by atoms with Crippen molar-refractivity contribution in [2.24, 2.45) is 0 Å². The van der Waals surface area contributed by atoms with Crippen LogP contribution in [0.1, 0.15) is 42.0 Å². The van der Waals surface area contributed by atoms with Gasteiger partial charge >= 0.3 is 0 Å². The SMILES string of the molecule is CSC1(C#N)CCN(C(=O)C2CCCc3sccc32)CC1. The highest BCUT2D eigenvalue weighted by Gasteiger charge is 2.38. The molecule has 0 spiro atoms. The van der Waals surface area contributed by atoms with Gasteiger partial charge in [0.15, 0.2) is 0 Å². The van der Waals surface area contributed by atoms with Gasteiger partial charge in [0.25, 0.3) is 0 Å². The zero-order chi connectivity index (χ0) is 14.9. The normalized spacial score (nSPS) is 24.2. The van der Waals surface area contributed by atoms with Gasteiger partial charge in [-0.3, -0.25) is 4.79 Å². The molecule has 1 aromatic rings. The van der Waals surface area contributed by atoms with Crippen LogP contribution in [-0.4, -0.2) is 34.9 Å². The van der Waals surface area contributed by atoms with Gasteiger partial charge in [-0.25, -0.2) is 0 Å². The number of thiophene rings is 1. The number of aryl methyl sites for hydroxylation is 1. The minimum absolute atomic E-state index is 0.0591. The molecule has 1 aliphatic heterocycles. The van der Waals surface area contributed by atoms with E-state index in [2.05, 4.69) is 17.5 Å². The highest BCUT2D eigenvalue weighted by Crippen LogP contribution is 2.38. The van der Waals surface area contributed by atoms with Crippen LogP contribution in [0.25, 0.3) is 0 Å². The highest BCUT2D eigenvalue weighted by atomic mass is 32.2. The van der Waals surface area contributed by atoms with Gasteiger partial charge < -0.3 is 4.90 Å². The zero-order valence-electron chi connectivity index (χ0n) is 12.3. The molecule has 3 nitrogen and oxygen atoms in total. The quantitative estimate of drug-likeness (QED) is 0.838. The van der Waals surface area contributed by atoms with Crippen molar-refractivity contribution >= 4 is 29.0 Å². The van der Waals surface area contributed by atoms with Crippen molar-refractivity contribution in [2.75, 3.05) is 19.3 Å². The lowest BCUT2D eigenvalue weighted by atomic mass is 9.86. The number of nitrogens with zero attached hydrogens (tertiary/aromatic N) is 2. The molecule has 0 radical (unpaired) electrons. The van der Waals surface area contributed by atoms with E-state index >= 15 is 0 Å². The number of thioether (sulfide) groups is 1. The first-order valence-electron chi connectivity index (χ1n) is 7.50. The first-order valence-corrected chi connectivity index (χ1v) is 9.61. The lowest BCUT2D eigenvalue weighted by molar-refractivity contribution is -0.134. The predicted molar refractivity (Wildman–Crippen MR) is 87.7 cm³/mol. The summed E-state index contributed by atoms with van der Waals surface area (Å²) >= 11 is 3.42. The number of amides is 1. The fraction of sp³-hybridized carbons (Fsp3) is 0.625. The first-order chi connectivity index (χ1) is 10.2. The van der Waals surface area contributed by atoms with Crippen LogP contribution in [0.3, 0.4) is 0 Å². The van der Waals surface area contributed by atoms with Crippen LogP contribution in [0.15, 0.2) is 11.4 Å². The van der Waals surface area contributed by atoms with Crippen molar-refractivity contribution in [1.29, 1.82) is 5.26 Å². The number of likely N-dealkylation sites (tertiary alicyclic amines) is 1. The molecule has 1 atom stereocenters. The largest absolute Gasteiger partial charge is 0.342 e. The van der Waals surface area contributed by atoms with Gasteiger partial charge in [0.05, 0.1) is 12.0 Å². The van der Waals surface area contributed by atoms with E-state index in [9.17, 15) is 10.1 Å². The monoisotopic (exact) mass is 320 g/mol. The third-order valence-corrected chi connectivity index (χ3v) is 7.10. The number of nitriles is 1. The van der Waals surface area contributed by atoms with Crippen LogP contribution in [-0.2, 0) is 11.2 Å². The molecule has 0 N–H and O–H groups in total. The van der Waals surface area contributed by atoms with Crippen molar-refractivity contribution in [3.63, 3.8) is 0 Å². The molecule has 0 bridgehead atoms. The third kappa shape index (κ3) is 2.72. The second-order valence-electron chi connectivity index (χ2n) is 5.88. The Morgan fingerprint density at radius 2 is 2.29 bits per heavy atom. The maximum Gasteiger partial charge on any atom is 0.230 e. The number of rotatable bonds is 2. The molecule has 1 unspecified atom stereocenters. The summed E-state index contributed by atoms with van der Waals surface area (Å²) in [6, 6.07) is 4.58. The Bertz CT molecular complexity index is 567. The lowest BCUT2D eigenvalue weighted by Crippen LogP contribution is -2.46. The van der Waals surface area contributed by atoms with Gasteiger partial charge in [-0.2, -0.15) is 5.26 Å². The minimum atomic E-state index is -0.281. The van der Waals surface area contributed by atoms with Crippen LogP contribution in [0, 0.1) is 11.3 Å². The zero-order valence-corrected chi connectivity index (χ0v) is 13.9. The van der Waals surface area contributed by atoms with Crippen LogP contribution in [0.2, 0.25) is 0 Å². The molecule has 0 saturated carbocycles. The maximum atomic E-state index is 12.8. The molecule has 0 aromatic carbocycles. The minimum Gasteiger partial charge on any atom is -0.342 e. The van der Waals surface area contributed by atoms with Crippen molar-refractivity contribution in [1.82, 2.24) is 4.90 Å². The van der Waals surface area contributed by atoms with E-state index in [1.165, 1.54) is 10.4 Å². The molecule has 1 aliphatic carbocycles. The Balaban J connectivity index is 1.70. The summed E-state index contributed by atoms with van der Waals surface area (Å²) in [6.45, 7) is 1.45. The average molecular weight is 320 g/mol. The van der Waals surface area contributed by atoms with E-state index in [1.807, 2.05) is 11.2 Å². The molecule has 21 heavy (non-hydrogen) atoms. The molecule has 3 rings (SSSR count). The average Bonchev–Trinajstić information content (AvgIpc) is 3.03. The number of hydrogen-bond acceptors (Lipinski definition) is 4. The smallest absolute Gasteiger partial charge is 0.230 e. The molecule has 112 valence electrons. The molecule has 2 aliphatic rings. The molecule has 5 heteroatoms. The topological polar surface area (TPSA) is 44.1 Å². The Morgan fingerprint density at radius 3 is 2.95 bits per heavy atom. The molecular formula is C16H20N2OS2. The van der Waals surface area contributed by atoms with Gasteiger partial charge in [0.1, 0.15) is 4.75 Å². The van der Waals surface area contributed by atoms with E-state index in [-0.39, 0.29) is 16.6 Å². The van der Waals surface area contributed by atoms with E-state index in [0.29, 0.717) is 0 Å².